The minimum atomic E-state index is 0.119. The molecule has 0 aromatic carbocycles. The van der Waals surface area contributed by atoms with E-state index >= 15 is 0 Å². The lowest BCUT2D eigenvalue weighted by Crippen LogP contribution is -2.70. The Hall–Kier alpha value is -3.10. The number of ether oxygens (including phenoxy) is 1. The summed E-state index contributed by atoms with van der Waals surface area (Å²) < 4.78 is 5.90. The number of rotatable bonds is 2. The summed E-state index contributed by atoms with van der Waals surface area (Å²) in [6.07, 6.45) is 10.5. The molecule has 8 rings (SSSR count). The number of hydrogen-bond donors (Lipinski definition) is 2. The molecule has 2 saturated heterocycles. The first kappa shape index (κ1) is 18.3. The van der Waals surface area contributed by atoms with Crippen molar-refractivity contribution in [3.8, 4) is 11.4 Å². The molecule has 166 valence electrons. The normalized spacial score (nSPS) is 28.1. The van der Waals surface area contributed by atoms with Crippen LogP contribution >= 0.6 is 0 Å². The van der Waals surface area contributed by atoms with Gasteiger partial charge < -0.3 is 19.9 Å². The van der Waals surface area contributed by atoms with Crippen LogP contribution in [0.2, 0.25) is 0 Å². The third-order valence-electron chi connectivity index (χ3n) is 8.31. The van der Waals surface area contributed by atoms with Crippen molar-refractivity contribution in [1.29, 1.82) is 0 Å². The molecule has 0 bridgehead atoms. The molecule has 1 saturated carbocycles. The van der Waals surface area contributed by atoms with E-state index in [0.717, 1.165) is 78.5 Å². The van der Waals surface area contributed by atoms with Gasteiger partial charge in [-0.1, -0.05) is 0 Å². The molecule has 1 spiro atoms. The van der Waals surface area contributed by atoms with Gasteiger partial charge in [-0.05, 0) is 43.4 Å². The summed E-state index contributed by atoms with van der Waals surface area (Å²) in [5.74, 6) is 2.33. The second kappa shape index (κ2) is 6.48. The van der Waals surface area contributed by atoms with Gasteiger partial charge in [0.05, 0.1) is 23.4 Å². The molecule has 3 aliphatic heterocycles. The lowest BCUT2D eigenvalue weighted by atomic mass is 9.60. The first-order valence-corrected chi connectivity index (χ1v) is 12.1. The second-order valence-corrected chi connectivity index (χ2v) is 9.86. The summed E-state index contributed by atoms with van der Waals surface area (Å²) in [6.45, 7) is 3.79. The quantitative estimate of drug-likeness (QED) is 0.494. The van der Waals surface area contributed by atoms with Crippen LogP contribution in [0.4, 0.5) is 5.82 Å². The van der Waals surface area contributed by atoms with Crippen LogP contribution in [0.15, 0.2) is 30.7 Å². The summed E-state index contributed by atoms with van der Waals surface area (Å²) in [4.78, 5) is 25.5. The fourth-order valence-electron chi connectivity index (χ4n) is 6.64. The van der Waals surface area contributed by atoms with Crippen molar-refractivity contribution in [2.75, 3.05) is 31.1 Å². The van der Waals surface area contributed by atoms with E-state index in [9.17, 15) is 0 Å². The molecule has 2 N–H and O–H groups in total. The van der Waals surface area contributed by atoms with Crippen LogP contribution in [0.5, 0.6) is 0 Å². The highest BCUT2D eigenvalue weighted by Gasteiger charge is 2.56. The van der Waals surface area contributed by atoms with Gasteiger partial charge in [0.25, 0.3) is 0 Å². The standard InChI is InChI=1S/C25H25N7O/c1-2-20(33-9-1)18-10-15-14(4-6-28-22(15)29-18)23-30-19-12-27-11-16-17-3-5-25(17)13-26-7-8-32(25)24(31-23)21(16)19/h4,6,10-12,17,20,26H,1-3,5,7-9,13H2,(H,28,29). The number of fused-ring (bicyclic) bond motifs is 3. The molecule has 3 unspecified atom stereocenters. The Morgan fingerprint density at radius 1 is 1.18 bits per heavy atom. The molecule has 8 heteroatoms. The molecule has 0 amide bonds. The van der Waals surface area contributed by atoms with Crippen LogP contribution in [0.3, 0.4) is 0 Å². The van der Waals surface area contributed by atoms with Crippen molar-refractivity contribution in [1.82, 2.24) is 30.2 Å². The van der Waals surface area contributed by atoms with Crippen LogP contribution in [0.1, 0.15) is 49.0 Å². The molecule has 4 aliphatic rings. The van der Waals surface area contributed by atoms with Crippen LogP contribution in [0, 0.1) is 0 Å². The number of hydrogen-bond acceptors (Lipinski definition) is 7. The average molecular weight is 440 g/mol. The minimum absolute atomic E-state index is 0.119. The molecule has 0 radical (unpaired) electrons. The molecular formula is C25H25N7O. The number of aromatic amines is 1. The van der Waals surface area contributed by atoms with Crippen molar-refractivity contribution in [3.05, 3.63) is 42.0 Å². The van der Waals surface area contributed by atoms with E-state index in [1.54, 1.807) is 0 Å². The fraction of sp³-hybridized carbons (Fsp3) is 0.440. The van der Waals surface area contributed by atoms with Gasteiger partial charge in [0.2, 0.25) is 0 Å². The van der Waals surface area contributed by atoms with E-state index in [1.165, 1.54) is 23.8 Å². The molecule has 8 nitrogen and oxygen atoms in total. The maximum Gasteiger partial charge on any atom is 0.163 e. The van der Waals surface area contributed by atoms with Crippen LogP contribution in [-0.2, 0) is 4.74 Å². The van der Waals surface area contributed by atoms with E-state index in [2.05, 4.69) is 37.4 Å². The number of nitrogens with zero attached hydrogens (tertiary/aromatic N) is 5. The number of nitrogens with one attached hydrogen (secondary N) is 2. The zero-order valence-corrected chi connectivity index (χ0v) is 18.3. The first-order chi connectivity index (χ1) is 16.3. The maximum atomic E-state index is 5.90. The molecule has 1 aliphatic carbocycles. The van der Waals surface area contributed by atoms with Crippen LogP contribution in [-0.4, -0.2) is 56.7 Å². The molecule has 33 heavy (non-hydrogen) atoms. The van der Waals surface area contributed by atoms with Gasteiger partial charge >= 0.3 is 0 Å². The number of anilines is 1. The second-order valence-electron chi connectivity index (χ2n) is 9.86. The Labute approximate surface area is 190 Å². The fourth-order valence-corrected chi connectivity index (χ4v) is 6.64. The maximum absolute atomic E-state index is 5.90. The van der Waals surface area contributed by atoms with Crippen molar-refractivity contribution in [2.45, 2.75) is 43.2 Å². The molecule has 7 heterocycles. The van der Waals surface area contributed by atoms with Gasteiger partial charge in [0.15, 0.2) is 5.82 Å². The summed E-state index contributed by atoms with van der Waals surface area (Å²) in [7, 11) is 0. The zero-order valence-electron chi connectivity index (χ0n) is 18.3. The highest BCUT2D eigenvalue weighted by molar-refractivity contribution is 5.98. The van der Waals surface area contributed by atoms with E-state index in [4.69, 9.17) is 14.7 Å². The van der Waals surface area contributed by atoms with Gasteiger partial charge in [0, 0.05) is 66.6 Å². The lowest BCUT2D eigenvalue weighted by molar-refractivity contribution is 0.109. The van der Waals surface area contributed by atoms with Gasteiger partial charge in [-0.25, -0.2) is 15.0 Å². The van der Waals surface area contributed by atoms with E-state index in [-0.39, 0.29) is 11.6 Å². The lowest BCUT2D eigenvalue weighted by Gasteiger charge is -2.61. The third-order valence-corrected chi connectivity index (χ3v) is 8.31. The summed E-state index contributed by atoms with van der Waals surface area (Å²) >= 11 is 0. The Morgan fingerprint density at radius 2 is 2.18 bits per heavy atom. The van der Waals surface area contributed by atoms with E-state index in [1.807, 2.05) is 18.5 Å². The van der Waals surface area contributed by atoms with Crippen LogP contribution in [0.25, 0.3) is 33.3 Å². The molecule has 4 aromatic heterocycles. The number of pyridine rings is 2. The minimum Gasteiger partial charge on any atom is -0.372 e. The number of piperazine rings is 1. The van der Waals surface area contributed by atoms with Gasteiger partial charge in [-0.3, -0.25) is 4.98 Å². The number of H-pyrrole nitrogens is 1. The van der Waals surface area contributed by atoms with Crippen molar-refractivity contribution < 1.29 is 4.74 Å². The monoisotopic (exact) mass is 439 g/mol. The summed E-state index contributed by atoms with van der Waals surface area (Å²) in [5.41, 5.74) is 5.34. The zero-order chi connectivity index (χ0) is 21.6. The highest BCUT2D eigenvalue weighted by Crippen LogP contribution is 2.57. The molecule has 3 fully saturated rings. The van der Waals surface area contributed by atoms with Crippen molar-refractivity contribution >= 4 is 27.8 Å². The summed E-state index contributed by atoms with van der Waals surface area (Å²) in [5, 5.41) is 5.88. The first-order valence-electron chi connectivity index (χ1n) is 12.1. The highest BCUT2D eigenvalue weighted by atomic mass is 16.5. The van der Waals surface area contributed by atoms with E-state index in [0.29, 0.717) is 5.92 Å². The predicted molar refractivity (Wildman–Crippen MR) is 125 cm³/mol. The molecular weight excluding hydrogens is 414 g/mol. The smallest absolute Gasteiger partial charge is 0.163 e. The van der Waals surface area contributed by atoms with Crippen molar-refractivity contribution in [3.63, 3.8) is 0 Å². The number of aromatic nitrogens is 5. The van der Waals surface area contributed by atoms with Crippen molar-refractivity contribution in [2.24, 2.45) is 0 Å². The SMILES string of the molecule is c1cc(-c2nc3c4c(cncc4n2)C2CCC24CNCCN34)c2cc(C3CCCO3)[nH]c2n1. The third kappa shape index (κ3) is 2.37. The molecule has 4 aromatic rings. The van der Waals surface area contributed by atoms with Gasteiger partial charge in [0.1, 0.15) is 11.5 Å². The average Bonchev–Trinajstić information content (AvgIpc) is 3.52. The Balaban J connectivity index is 1.35. The predicted octanol–water partition coefficient (Wildman–Crippen LogP) is 3.46. The van der Waals surface area contributed by atoms with E-state index < -0.39 is 0 Å². The Morgan fingerprint density at radius 3 is 3.06 bits per heavy atom. The molecule has 3 atom stereocenters. The van der Waals surface area contributed by atoms with Gasteiger partial charge in [-0.2, -0.15) is 0 Å². The van der Waals surface area contributed by atoms with Crippen LogP contribution < -0.4 is 10.2 Å². The Kier molecular flexibility index (Phi) is 3.60. The largest absolute Gasteiger partial charge is 0.372 e. The summed E-state index contributed by atoms with van der Waals surface area (Å²) in [6, 6.07) is 4.21. The Bertz CT molecular complexity index is 1430. The topological polar surface area (TPSA) is 91.9 Å². The van der Waals surface area contributed by atoms with Gasteiger partial charge in [-0.15, -0.1) is 0 Å².